The van der Waals surface area contributed by atoms with Gasteiger partial charge in [0.15, 0.2) is 0 Å². The summed E-state index contributed by atoms with van der Waals surface area (Å²) < 4.78 is 39.6. The highest BCUT2D eigenvalue weighted by molar-refractivity contribution is 7.10. The Hall–Kier alpha value is -2.33. The molecule has 26 heavy (non-hydrogen) atoms. The summed E-state index contributed by atoms with van der Waals surface area (Å²) in [6.45, 7) is 4.19. The highest BCUT2D eigenvalue weighted by atomic mass is 32.1. The molecule has 0 saturated carbocycles. The van der Waals surface area contributed by atoms with Gasteiger partial charge < -0.3 is 5.32 Å². The number of hydrogen-bond acceptors (Lipinski definition) is 4. The van der Waals surface area contributed by atoms with Crippen LogP contribution >= 0.6 is 11.3 Å². The number of nitrogens with one attached hydrogen (secondary N) is 1. The zero-order valence-corrected chi connectivity index (χ0v) is 15.2. The molecule has 1 atom stereocenters. The maximum absolute atomic E-state index is 13.2. The Bertz CT molecular complexity index is 861. The molecule has 0 fully saturated rings. The highest BCUT2D eigenvalue weighted by Gasteiger charge is 2.35. The van der Waals surface area contributed by atoms with Gasteiger partial charge in [-0.2, -0.15) is 18.4 Å². The first kappa shape index (κ1) is 18.5. The number of rotatable bonds is 3. The van der Waals surface area contributed by atoms with E-state index in [1.165, 1.54) is 12.1 Å². The molecule has 1 aromatic carbocycles. The average molecular weight is 377 g/mol. The van der Waals surface area contributed by atoms with E-state index in [-0.39, 0.29) is 17.0 Å². The van der Waals surface area contributed by atoms with Crippen LogP contribution in [0.2, 0.25) is 0 Å². The quantitative estimate of drug-likeness (QED) is 0.744. The fourth-order valence-electron chi connectivity index (χ4n) is 3.08. The molecule has 2 aromatic rings. The summed E-state index contributed by atoms with van der Waals surface area (Å²) in [4.78, 5) is 5.19. The Morgan fingerprint density at radius 3 is 2.73 bits per heavy atom. The van der Waals surface area contributed by atoms with Crippen molar-refractivity contribution in [2.75, 3.05) is 5.32 Å². The largest absolute Gasteiger partial charge is 0.417 e. The lowest BCUT2D eigenvalue weighted by atomic mass is 9.74. The second-order valence-electron chi connectivity index (χ2n) is 7.04. The third kappa shape index (κ3) is 3.75. The Morgan fingerprint density at radius 2 is 2.12 bits per heavy atom. The van der Waals surface area contributed by atoms with E-state index >= 15 is 0 Å². The van der Waals surface area contributed by atoms with Crippen molar-refractivity contribution in [3.8, 4) is 6.07 Å². The Labute approximate surface area is 154 Å². The van der Waals surface area contributed by atoms with Gasteiger partial charge >= 0.3 is 6.18 Å². The molecular formula is C19H18F3N3S. The first-order valence-electron chi connectivity index (χ1n) is 8.18. The SMILES string of the molecule is CC1(C)CCC(c2cncs2)=CC1Nc1ccc(C#N)c(C(F)(F)F)c1. The number of allylic oxidation sites excluding steroid dienone is 1. The van der Waals surface area contributed by atoms with Crippen LogP contribution < -0.4 is 5.32 Å². The molecule has 1 N–H and O–H groups in total. The molecular weight excluding hydrogens is 359 g/mol. The summed E-state index contributed by atoms with van der Waals surface area (Å²) in [7, 11) is 0. The number of benzene rings is 1. The van der Waals surface area contributed by atoms with Gasteiger partial charge in [-0.15, -0.1) is 11.3 Å². The van der Waals surface area contributed by atoms with Crippen molar-refractivity contribution < 1.29 is 13.2 Å². The van der Waals surface area contributed by atoms with Crippen LogP contribution in [0.15, 0.2) is 36.0 Å². The average Bonchev–Trinajstić information content (AvgIpc) is 3.10. The van der Waals surface area contributed by atoms with Crippen molar-refractivity contribution in [2.45, 2.75) is 38.9 Å². The van der Waals surface area contributed by atoms with E-state index in [0.29, 0.717) is 5.69 Å². The van der Waals surface area contributed by atoms with Crippen molar-refractivity contribution in [3.63, 3.8) is 0 Å². The molecule has 136 valence electrons. The minimum atomic E-state index is -4.56. The predicted octanol–water partition coefficient (Wildman–Crippen LogP) is 5.72. The van der Waals surface area contributed by atoms with Crippen LogP contribution in [0.1, 0.15) is 42.7 Å². The van der Waals surface area contributed by atoms with Crippen LogP contribution in [0, 0.1) is 16.7 Å². The molecule has 1 aromatic heterocycles. The molecule has 3 nitrogen and oxygen atoms in total. The van der Waals surface area contributed by atoms with Gasteiger partial charge in [0.1, 0.15) is 0 Å². The van der Waals surface area contributed by atoms with Gasteiger partial charge in [-0.1, -0.05) is 19.9 Å². The first-order chi connectivity index (χ1) is 12.2. The molecule has 0 spiro atoms. The smallest absolute Gasteiger partial charge is 0.378 e. The summed E-state index contributed by atoms with van der Waals surface area (Å²) in [5, 5.41) is 12.2. The lowest BCUT2D eigenvalue weighted by molar-refractivity contribution is -0.137. The van der Waals surface area contributed by atoms with E-state index in [1.54, 1.807) is 22.9 Å². The van der Waals surface area contributed by atoms with Crippen LogP contribution in [0.3, 0.4) is 0 Å². The Morgan fingerprint density at radius 1 is 1.35 bits per heavy atom. The lowest BCUT2D eigenvalue weighted by Gasteiger charge is -2.38. The normalized spacial score (nSPS) is 19.5. The predicted molar refractivity (Wildman–Crippen MR) is 96.7 cm³/mol. The van der Waals surface area contributed by atoms with Gasteiger partial charge in [0.05, 0.1) is 28.7 Å². The molecule has 1 aliphatic rings. The minimum absolute atomic E-state index is 0.111. The van der Waals surface area contributed by atoms with Crippen LogP contribution in [0.25, 0.3) is 5.57 Å². The number of hydrogen-bond donors (Lipinski definition) is 1. The zero-order chi connectivity index (χ0) is 18.9. The highest BCUT2D eigenvalue weighted by Crippen LogP contribution is 2.41. The molecule has 7 heteroatoms. The van der Waals surface area contributed by atoms with Crippen molar-refractivity contribution >= 4 is 22.6 Å². The second-order valence-corrected chi connectivity index (χ2v) is 7.92. The maximum Gasteiger partial charge on any atom is 0.417 e. The number of thiazole rings is 1. The van der Waals surface area contributed by atoms with E-state index in [0.717, 1.165) is 29.4 Å². The van der Waals surface area contributed by atoms with Crippen molar-refractivity contribution in [1.29, 1.82) is 5.26 Å². The molecule has 0 radical (unpaired) electrons. The van der Waals surface area contributed by atoms with Gasteiger partial charge in [0, 0.05) is 16.8 Å². The van der Waals surface area contributed by atoms with E-state index < -0.39 is 11.7 Å². The second kappa shape index (κ2) is 6.76. The summed E-state index contributed by atoms with van der Waals surface area (Å²) in [6, 6.07) is 5.25. The van der Waals surface area contributed by atoms with Gasteiger partial charge in [-0.05, 0) is 42.0 Å². The molecule has 3 rings (SSSR count). The Kier molecular flexibility index (Phi) is 4.80. The molecule has 0 saturated heterocycles. The van der Waals surface area contributed by atoms with Gasteiger partial charge in [0.2, 0.25) is 0 Å². The van der Waals surface area contributed by atoms with Gasteiger partial charge in [-0.3, -0.25) is 4.98 Å². The molecule has 1 aliphatic carbocycles. The number of halogens is 3. The van der Waals surface area contributed by atoms with Crippen LogP contribution in [0.5, 0.6) is 0 Å². The fraction of sp³-hybridized carbons (Fsp3) is 0.368. The van der Waals surface area contributed by atoms with Crippen LogP contribution in [0.4, 0.5) is 18.9 Å². The molecule has 0 bridgehead atoms. The summed E-state index contributed by atoms with van der Waals surface area (Å²) in [6.07, 6.45) is 1.16. The number of nitrogens with zero attached hydrogens (tertiary/aromatic N) is 2. The summed E-state index contributed by atoms with van der Waals surface area (Å²) >= 11 is 1.56. The fourth-order valence-corrected chi connectivity index (χ4v) is 3.76. The zero-order valence-electron chi connectivity index (χ0n) is 14.4. The standard InChI is InChI=1S/C19H18F3N3S/c1-18(2)6-5-12(16-10-24-11-26-16)7-17(18)25-14-4-3-13(9-23)15(8-14)19(20,21)22/h3-4,7-8,10-11,17,25H,5-6H2,1-2H3. The van der Waals surface area contributed by atoms with Crippen molar-refractivity contribution in [2.24, 2.45) is 5.41 Å². The van der Waals surface area contributed by atoms with Gasteiger partial charge in [0.25, 0.3) is 0 Å². The van der Waals surface area contributed by atoms with Gasteiger partial charge in [-0.25, -0.2) is 0 Å². The Balaban J connectivity index is 1.93. The van der Waals surface area contributed by atoms with Crippen molar-refractivity contribution in [3.05, 3.63) is 52.0 Å². The third-order valence-electron chi connectivity index (χ3n) is 4.76. The van der Waals surface area contributed by atoms with E-state index in [2.05, 4.69) is 30.2 Å². The molecule has 1 unspecified atom stereocenters. The number of nitriles is 1. The first-order valence-corrected chi connectivity index (χ1v) is 9.06. The topological polar surface area (TPSA) is 48.7 Å². The van der Waals surface area contributed by atoms with E-state index in [9.17, 15) is 13.2 Å². The molecule has 0 aliphatic heterocycles. The number of anilines is 1. The van der Waals surface area contributed by atoms with E-state index in [1.807, 2.05) is 6.20 Å². The monoisotopic (exact) mass is 377 g/mol. The third-order valence-corrected chi connectivity index (χ3v) is 5.61. The van der Waals surface area contributed by atoms with E-state index in [4.69, 9.17) is 5.26 Å². The van der Waals surface area contributed by atoms with Crippen LogP contribution in [-0.2, 0) is 6.18 Å². The summed E-state index contributed by atoms with van der Waals surface area (Å²) in [5.74, 6) is 0. The summed E-state index contributed by atoms with van der Waals surface area (Å²) in [5.41, 5.74) is 1.90. The number of alkyl halides is 3. The molecule has 1 heterocycles. The number of aromatic nitrogens is 1. The minimum Gasteiger partial charge on any atom is -0.378 e. The van der Waals surface area contributed by atoms with Crippen molar-refractivity contribution in [1.82, 2.24) is 4.98 Å². The lowest BCUT2D eigenvalue weighted by Crippen LogP contribution is -2.37. The molecule has 0 amide bonds. The maximum atomic E-state index is 13.2. The van der Waals surface area contributed by atoms with Crippen LogP contribution in [-0.4, -0.2) is 11.0 Å².